The van der Waals surface area contributed by atoms with Crippen molar-refractivity contribution in [3.8, 4) is 0 Å². The summed E-state index contributed by atoms with van der Waals surface area (Å²) >= 11 is 1.41. The van der Waals surface area contributed by atoms with Crippen LogP contribution in [0, 0.1) is 0 Å². The van der Waals surface area contributed by atoms with Crippen LogP contribution in [-0.4, -0.2) is 49.6 Å². The molecule has 0 N–H and O–H groups in total. The molecule has 0 fully saturated rings. The van der Waals surface area contributed by atoms with Gasteiger partial charge in [-0.3, -0.25) is 0 Å². The molecule has 0 aromatic heterocycles. The first-order valence-electron chi connectivity index (χ1n) is 8.41. The van der Waals surface area contributed by atoms with Crippen molar-refractivity contribution in [1.82, 2.24) is 0 Å². The van der Waals surface area contributed by atoms with Crippen molar-refractivity contribution in [2.24, 2.45) is 0 Å². The van der Waals surface area contributed by atoms with Crippen molar-refractivity contribution >= 4 is 38.3 Å². The molecule has 6 nitrogen and oxygen atoms in total. The summed E-state index contributed by atoms with van der Waals surface area (Å²) in [6.07, 6.45) is 11.7. The summed E-state index contributed by atoms with van der Waals surface area (Å²) in [5.74, 6) is 0. The molecular formula is C14H31NaO6S. The third-order valence-corrected chi connectivity index (χ3v) is 3.94. The molecule has 0 rings (SSSR count). The fourth-order valence-corrected chi connectivity index (χ4v) is 2.56. The van der Waals surface area contributed by atoms with E-state index in [1.165, 1.54) is 83.0 Å². The monoisotopic (exact) mass is 350 g/mol. The molecule has 0 spiro atoms. The topological polar surface area (TPSA) is 71.1 Å². The predicted molar refractivity (Wildman–Crippen MR) is 87.5 cm³/mol. The Bertz CT molecular complexity index is 276. The second-order valence-electron chi connectivity index (χ2n) is 4.83. The molecule has 130 valence electrons. The van der Waals surface area contributed by atoms with Gasteiger partial charge in [0.25, 0.3) is 0 Å². The Kier molecular flexibility index (Phi) is 22.6. The second kappa shape index (κ2) is 19.8. The molecule has 0 aliphatic heterocycles. The maximum atomic E-state index is 10.5. The maximum absolute atomic E-state index is 10.5. The van der Waals surface area contributed by atoms with E-state index in [1.807, 2.05) is 0 Å². The van der Waals surface area contributed by atoms with Crippen LogP contribution >= 0.6 is 0 Å². The molecule has 0 atom stereocenters. The summed E-state index contributed by atoms with van der Waals surface area (Å²) in [6.45, 7) is 5.62. The minimum absolute atomic E-state index is 0.106. The molecule has 0 aliphatic rings. The van der Waals surface area contributed by atoms with E-state index in [1.54, 1.807) is 13.8 Å². The first-order valence-corrected chi connectivity index (χ1v) is 11.2. The van der Waals surface area contributed by atoms with E-state index in [0.717, 1.165) is 0 Å². The van der Waals surface area contributed by atoms with Crippen molar-refractivity contribution < 1.29 is 26.9 Å². The molecule has 0 aliphatic carbocycles. The Labute approximate surface area is 153 Å². The van der Waals surface area contributed by atoms with Crippen molar-refractivity contribution in [2.45, 2.75) is 75.8 Å². The van der Waals surface area contributed by atoms with Crippen molar-refractivity contribution in [3.63, 3.8) is 0 Å². The molecule has 0 saturated carbocycles. The minimum atomic E-state index is -4.15. The Morgan fingerprint density at radius 1 is 0.727 bits per heavy atom. The standard InChI is InChI=1S/C10H21.C4H10O6S.Na/c1-3-5-7-9-10-8-6-4-2;1-3-7-9-11(5,6)10-8-4-2;/h1,3-10H2,2H3;3-4H2,1-2H3;. The van der Waals surface area contributed by atoms with Gasteiger partial charge in [-0.05, 0) is 13.8 Å². The van der Waals surface area contributed by atoms with Crippen LogP contribution in [0.5, 0.6) is 0 Å². The summed E-state index contributed by atoms with van der Waals surface area (Å²) in [7, 11) is -4.15. The molecule has 22 heavy (non-hydrogen) atoms. The zero-order chi connectivity index (χ0) is 17.1. The van der Waals surface area contributed by atoms with E-state index in [0.29, 0.717) is 0 Å². The van der Waals surface area contributed by atoms with Gasteiger partial charge in [0.2, 0.25) is 0 Å². The SMILES string of the molecule is CCCCCCCCC[CH2][Na].CCOOS(=O)(=O)OOCC. The van der Waals surface area contributed by atoms with Gasteiger partial charge in [0.15, 0.2) is 0 Å². The summed E-state index contributed by atoms with van der Waals surface area (Å²) in [4.78, 5) is 8.20. The fraction of sp³-hybridized carbons (Fsp3) is 1.00. The summed E-state index contributed by atoms with van der Waals surface area (Å²) in [5, 5.41) is 0. The van der Waals surface area contributed by atoms with Crippen LogP contribution in [0.3, 0.4) is 0 Å². The molecule has 0 unspecified atom stereocenters. The first-order chi connectivity index (χ1) is 10.5. The quantitative estimate of drug-likeness (QED) is 0.205. The van der Waals surface area contributed by atoms with Crippen LogP contribution in [-0.2, 0) is 28.8 Å². The smallest absolute Gasteiger partial charge is 0.218 e. The normalized spacial score (nSPS) is 11.1. The van der Waals surface area contributed by atoms with E-state index >= 15 is 0 Å². The first kappa shape index (κ1) is 25.0. The predicted octanol–water partition coefficient (Wildman–Crippen LogP) is 3.88. The number of hydrogen-bond acceptors (Lipinski definition) is 6. The summed E-state index contributed by atoms with van der Waals surface area (Å²) in [6, 6.07) is 0. The third kappa shape index (κ3) is 23.1. The van der Waals surface area contributed by atoms with E-state index in [2.05, 4.69) is 25.4 Å². The second-order valence-corrected chi connectivity index (χ2v) is 6.92. The average molecular weight is 350 g/mol. The Balaban J connectivity index is 0. The van der Waals surface area contributed by atoms with Crippen molar-refractivity contribution in [1.29, 1.82) is 0 Å². The van der Waals surface area contributed by atoms with Gasteiger partial charge in [0.05, 0.1) is 13.2 Å². The van der Waals surface area contributed by atoms with Crippen LogP contribution in [0.25, 0.3) is 0 Å². The van der Waals surface area contributed by atoms with Gasteiger partial charge >= 0.3 is 100 Å². The zero-order valence-corrected chi connectivity index (χ0v) is 17.5. The third-order valence-electron chi connectivity index (χ3n) is 2.71. The molecule has 0 aromatic carbocycles. The Hall–Kier alpha value is 0.790. The van der Waals surface area contributed by atoms with E-state index in [4.69, 9.17) is 0 Å². The van der Waals surface area contributed by atoms with Gasteiger partial charge in [0.1, 0.15) is 0 Å². The molecule has 0 bridgehead atoms. The van der Waals surface area contributed by atoms with E-state index in [-0.39, 0.29) is 13.2 Å². The zero-order valence-electron chi connectivity index (χ0n) is 14.6. The molecule has 8 heteroatoms. The van der Waals surface area contributed by atoms with Crippen LogP contribution in [0.1, 0.15) is 72.1 Å². The van der Waals surface area contributed by atoms with Crippen LogP contribution in [0.4, 0.5) is 0 Å². The van der Waals surface area contributed by atoms with Gasteiger partial charge in [0, 0.05) is 0 Å². The number of unbranched alkanes of at least 4 members (excludes halogenated alkanes) is 7. The largest absolute Gasteiger partial charge is 0.453 e. The molecule has 0 radical (unpaired) electrons. The molecule has 0 aromatic rings. The average Bonchev–Trinajstić information content (AvgIpc) is 2.51. The Morgan fingerprint density at radius 2 is 1.14 bits per heavy atom. The van der Waals surface area contributed by atoms with Gasteiger partial charge < -0.3 is 0 Å². The Morgan fingerprint density at radius 3 is 1.50 bits per heavy atom. The maximum Gasteiger partial charge on any atom is 0.453 e. The summed E-state index contributed by atoms with van der Waals surface area (Å²) in [5.41, 5.74) is 0. The van der Waals surface area contributed by atoms with Crippen LogP contribution in [0.2, 0.25) is 3.67 Å². The molecule has 0 amide bonds. The molecule has 0 saturated heterocycles. The molecular weight excluding hydrogens is 319 g/mol. The van der Waals surface area contributed by atoms with Gasteiger partial charge in [-0.25, -0.2) is 9.78 Å². The van der Waals surface area contributed by atoms with Gasteiger partial charge in [-0.2, -0.15) is 8.42 Å². The fourth-order valence-electron chi connectivity index (χ4n) is 1.61. The van der Waals surface area contributed by atoms with Crippen molar-refractivity contribution in [3.05, 3.63) is 0 Å². The van der Waals surface area contributed by atoms with Crippen LogP contribution < -0.4 is 0 Å². The number of rotatable bonds is 14. The van der Waals surface area contributed by atoms with E-state index in [9.17, 15) is 8.42 Å². The van der Waals surface area contributed by atoms with Gasteiger partial charge in [-0.15, -0.1) is 0 Å². The van der Waals surface area contributed by atoms with Crippen molar-refractivity contribution in [2.75, 3.05) is 13.2 Å². The minimum Gasteiger partial charge on any atom is -0.218 e. The number of hydrogen-bond donors (Lipinski definition) is 0. The van der Waals surface area contributed by atoms with E-state index < -0.39 is 10.4 Å². The molecule has 0 heterocycles. The summed E-state index contributed by atoms with van der Waals surface area (Å²) < 4.78 is 30.0. The van der Waals surface area contributed by atoms with Gasteiger partial charge in [-0.1, -0.05) is 8.67 Å². The van der Waals surface area contributed by atoms with Crippen LogP contribution in [0.15, 0.2) is 0 Å².